The van der Waals surface area contributed by atoms with Crippen LogP contribution in [0.5, 0.6) is 0 Å². The molecule has 1 aliphatic carbocycles. The largest absolute Gasteiger partial charge is 0.344 e. The number of nitrogens with zero attached hydrogens (tertiary/aromatic N) is 2. The van der Waals surface area contributed by atoms with Gasteiger partial charge in [-0.2, -0.15) is 0 Å². The number of hydrogen-bond donors (Lipinski definition) is 1. The normalized spacial score (nSPS) is 26.2. The molecule has 1 N–H and O–H groups in total. The Labute approximate surface area is 214 Å². The van der Waals surface area contributed by atoms with E-state index in [0.29, 0.717) is 37.9 Å². The van der Waals surface area contributed by atoms with E-state index in [4.69, 9.17) is 0 Å². The molecule has 6 heteroatoms. The van der Waals surface area contributed by atoms with Gasteiger partial charge in [0.2, 0.25) is 11.8 Å². The van der Waals surface area contributed by atoms with E-state index in [1.807, 2.05) is 51.9 Å². The minimum atomic E-state index is -0.570. The zero-order valence-corrected chi connectivity index (χ0v) is 21.6. The van der Waals surface area contributed by atoms with Crippen molar-refractivity contribution in [2.45, 2.75) is 70.9 Å². The number of aromatic nitrogens is 1. The van der Waals surface area contributed by atoms with Crippen LogP contribution in [0.15, 0.2) is 53.3 Å². The predicted octanol–water partition coefficient (Wildman–Crippen LogP) is 3.98. The summed E-state index contributed by atoms with van der Waals surface area (Å²) in [7, 11) is 0. The number of rotatable bonds is 6. The molecular weight excluding hydrogens is 450 g/mol. The number of carbonyl (C=O) groups is 2. The summed E-state index contributed by atoms with van der Waals surface area (Å²) in [6.07, 6.45) is 5.47. The molecule has 6 nitrogen and oxygen atoms in total. The van der Waals surface area contributed by atoms with Gasteiger partial charge in [-0.25, -0.2) is 0 Å². The molecule has 36 heavy (non-hydrogen) atoms. The minimum Gasteiger partial charge on any atom is -0.344 e. The molecule has 0 radical (unpaired) electrons. The van der Waals surface area contributed by atoms with Gasteiger partial charge in [-0.15, -0.1) is 0 Å². The van der Waals surface area contributed by atoms with Crippen LogP contribution in [0, 0.1) is 23.7 Å². The lowest BCUT2D eigenvalue weighted by molar-refractivity contribution is -0.140. The second-order valence-electron chi connectivity index (χ2n) is 11.5. The fourth-order valence-electron chi connectivity index (χ4n) is 6.68. The third-order valence-electron chi connectivity index (χ3n) is 8.77. The molecular formula is C30H39N3O3. The monoisotopic (exact) mass is 489 g/mol. The van der Waals surface area contributed by atoms with Crippen molar-refractivity contribution < 1.29 is 9.59 Å². The maximum atomic E-state index is 13.9. The highest BCUT2D eigenvalue weighted by atomic mass is 16.2. The number of carbonyl (C=O) groups excluding carboxylic acids is 2. The van der Waals surface area contributed by atoms with Gasteiger partial charge >= 0.3 is 0 Å². The molecule has 2 fully saturated rings. The molecule has 192 valence electrons. The molecule has 2 bridgehead atoms. The molecule has 2 aliphatic heterocycles. The molecule has 1 saturated carbocycles. The van der Waals surface area contributed by atoms with Crippen LogP contribution >= 0.6 is 0 Å². The van der Waals surface area contributed by atoms with E-state index >= 15 is 0 Å². The van der Waals surface area contributed by atoms with Crippen LogP contribution in [0.1, 0.15) is 63.1 Å². The molecule has 2 unspecified atom stereocenters. The van der Waals surface area contributed by atoms with E-state index < -0.39 is 6.04 Å². The van der Waals surface area contributed by atoms with Gasteiger partial charge in [0.1, 0.15) is 6.04 Å². The Morgan fingerprint density at radius 3 is 2.42 bits per heavy atom. The maximum Gasteiger partial charge on any atom is 0.250 e. The predicted molar refractivity (Wildman–Crippen MR) is 140 cm³/mol. The fourth-order valence-corrected chi connectivity index (χ4v) is 6.68. The van der Waals surface area contributed by atoms with Gasteiger partial charge < -0.3 is 14.8 Å². The first-order valence-electron chi connectivity index (χ1n) is 13.7. The van der Waals surface area contributed by atoms with Crippen LogP contribution in [-0.2, 0) is 22.6 Å². The molecule has 1 aromatic heterocycles. The second kappa shape index (κ2) is 10.6. The first-order chi connectivity index (χ1) is 17.4. The van der Waals surface area contributed by atoms with Gasteiger partial charge in [0, 0.05) is 49.7 Å². The Kier molecular flexibility index (Phi) is 7.31. The van der Waals surface area contributed by atoms with Gasteiger partial charge in [-0.3, -0.25) is 14.4 Å². The average molecular weight is 490 g/mol. The minimum absolute atomic E-state index is 0.00416. The van der Waals surface area contributed by atoms with Gasteiger partial charge in [0.15, 0.2) is 0 Å². The van der Waals surface area contributed by atoms with Crippen molar-refractivity contribution in [1.29, 1.82) is 0 Å². The molecule has 2 aromatic rings. The Morgan fingerprint density at radius 1 is 0.944 bits per heavy atom. The summed E-state index contributed by atoms with van der Waals surface area (Å²) in [6.45, 7) is 6.42. The topological polar surface area (TPSA) is 71.4 Å². The standard InChI is InChI=1S/C30H39N3O3/c1-20(2)23-11-13-24(14-12-23)29(35)31-26(16-21-7-4-3-5-8-21)30(36)32-17-22-15-25(19-32)27-9-6-10-28(34)33(27)18-22/h3-10,20,22-26H,11-19H2,1-2H3,(H,31,35)/t22?,23?,24?,25?,26-/m0/s1. The highest BCUT2D eigenvalue weighted by Gasteiger charge is 2.39. The molecule has 2 amide bonds. The molecule has 1 aromatic carbocycles. The summed E-state index contributed by atoms with van der Waals surface area (Å²) in [4.78, 5) is 41.6. The van der Waals surface area contributed by atoms with Crippen LogP contribution in [-0.4, -0.2) is 40.4 Å². The number of fused-ring (bicyclic) bond motifs is 4. The summed E-state index contributed by atoms with van der Waals surface area (Å²) in [5.74, 6) is 1.80. The van der Waals surface area contributed by atoms with Crippen molar-refractivity contribution in [3.63, 3.8) is 0 Å². The highest BCUT2D eigenvalue weighted by Crippen LogP contribution is 2.36. The summed E-state index contributed by atoms with van der Waals surface area (Å²) in [5, 5.41) is 3.18. The number of hydrogen-bond acceptors (Lipinski definition) is 3. The van der Waals surface area contributed by atoms with Crippen LogP contribution in [0.25, 0.3) is 0 Å². The molecule has 1 saturated heterocycles. The lowest BCUT2D eigenvalue weighted by Gasteiger charge is -2.43. The summed E-state index contributed by atoms with van der Waals surface area (Å²) < 4.78 is 1.89. The number of nitrogens with one attached hydrogen (secondary N) is 1. The second-order valence-corrected chi connectivity index (χ2v) is 11.5. The molecule has 3 heterocycles. The van der Waals surface area contributed by atoms with E-state index in [-0.39, 0.29) is 35.1 Å². The van der Waals surface area contributed by atoms with E-state index in [1.54, 1.807) is 6.07 Å². The molecule has 0 spiro atoms. The lowest BCUT2D eigenvalue weighted by Crippen LogP contribution is -2.56. The maximum absolute atomic E-state index is 13.9. The number of amides is 2. The Balaban J connectivity index is 1.31. The quantitative estimate of drug-likeness (QED) is 0.667. The lowest BCUT2D eigenvalue weighted by atomic mass is 9.76. The number of piperidine rings is 1. The van der Waals surface area contributed by atoms with Crippen LogP contribution < -0.4 is 10.9 Å². The number of pyridine rings is 1. The van der Waals surface area contributed by atoms with E-state index in [0.717, 1.165) is 43.4 Å². The molecule has 3 atom stereocenters. The fraction of sp³-hybridized carbons (Fsp3) is 0.567. The van der Waals surface area contributed by atoms with Gasteiger partial charge in [0.25, 0.3) is 5.56 Å². The molecule has 5 rings (SSSR count). The first kappa shape index (κ1) is 24.8. The Bertz CT molecular complexity index is 1130. The van der Waals surface area contributed by atoms with Gasteiger partial charge in [-0.05, 0) is 61.5 Å². The Morgan fingerprint density at radius 2 is 1.69 bits per heavy atom. The highest BCUT2D eigenvalue weighted by molar-refractivity contribution is 5.89. The Hall–Kier alpha value is -2.89. The third kappa shape index (κ3) is 5.28. The number of benzene rings is 1. The number of likely N-dealkylation sites (tertiary alicyclic amines) is 1. The average Bonchev–Trinajstić information content (AvgIpc) is 2.89. The zero-order chi connectivity index (χ0) is 25.2. The van der Waals surface area contributed by atoms with E-state index in [9.17, 15) is 14.4 Å². The van der Waals surface area contributed by atoms with Crippen molar-refractivity contribution in [3.05, 3.63) is 70.1 Å². The molecule has 3 aliphatic rings. The summed E-state index contributed by atoms with van der Waals surface area (Å²) >= 11 is 0. The van der Waals surface area contributed by atoms with Crippen molar-refractivity contribution in [3.8, 4) is 0 Å². The SMILES string of the molecule is CC(C)C1CCC(C(=O)N[C@@H](Cc2ccccc2)C(=O)N2CC3CC(C2)c2cccc(=O)n2C3)CC1. The van der Waals surface area contributed by atoms with Crippen molar-refractivity contribution >= 4 is 11.8 Å². The van der Waals surface area contributed by atoms with Crippen LogP contribution in [0.2, 0.25) is 0 Å². The van der Waals surface area contributed by atoms with Crippen LogP contribution in [0.3, 0.4) is 0 Å². The van der Waals surface area contributed by atoms with Crippen molar-refractivity contribution in [1.82, 2.24) is 14.8 Å². The summed E-state index contributed by atoms with van der Waals surface area (Å²) in [6, 6.07) is 14.9. The third-order valence-corrected chi connectivity index (χ3v) is 8.77. The van der Waals surface area contributed by atoms with E-state index in [1.165, 1.54) is 0 Å². The van der Waals surface area contributed by atoms with Crippen molar-refractivity contribution in [2.75, 3.05) is 13.1 Å². The zero-order valence-electron chi connectivity index (χ0n) is 21.6. The van der Waals surface area contributed by atoms with Gasteiger partial charge in [-0.1, -0.05) is 50.2 Å². The van der Waals surface area contributed by atoms with E-state index in [2.05, 4.69) is 19.2 Å². The van der Waals surface area contributed by atoms with Gasteiger partial charge in [0.05, 0.1) is 0 Å². The smallest absolute Gasteiger partial charge is 0.250 e. The first-order valence-corrected chi connectivity index (χ1v) is 13.7. The van der Waals surface area contributed by atoms with Crippen molar-refractivity contribution in [2.24, 2.45) is 23.7 Å². The van der Waals surface area contributed by atoms with Crippen LogP contribution in [0.4, 0.5) is 0 Å². The summed E-state index contributed by atoms with van der Waals surface area (Å²) in [5.41, 5.74) is 2.12.